The number of benzene rings is 1. The minimum absolute atomic E-state index is 0.0941. The molecule has 0 radical (unpaired) electrons. The molecule has 1 aliphatic rings. The zero-order valence-electron chi connectivity index (χ0n) is 14.1. The number of nitrogens with one attached hydrogen (secondary N) is 1. The van der Waals surface area contributed by atoms with Gasteiger partial charge in [0.05, 0.1) is 11.4 Å². The van der Waals surface area contributed by atoms with Crippen molar-refractivity contribution >= 4 is 35.2 Å². The number of amides is 2. The zero-order chi connectivity index (χ0) is 18.4. The van der Waals surface area contributed by atoms with Crippen LogP contribution in [-0.2, 0) is 9.59 Å². The van der Waals surface area contributed by atoms with Crippen LogP contribution in [0.1, 0.15) is 19.3 Å². The molecule has 1 fully saturated rings. The Hall–Kier alpha value is -2.13. The Kier molecular flexibility index (Phi) is 6.45. The molecular weight excluding hydrogens is 376 g/mol. The number of hydrogen-bond donors (Lipinski definition) is 1. The highest BCUT2D eigenvalue weighted by atomic mass is 35.5. The summed E-state index contributed by atoms with van der Waals surface area (Å²) in [7, 11) is 0. The molecule has 3 rings (SSSR count). The van der Waals surface area contributed by atoms with Crippen molar-refractivity contribution in [2.75, 3.05) is 25.4 Å². The molecule has 2 aromatic rings. The van der Waals surface area contributed by atoms with Gasteiger partial charge in [-0.15, -0.1) is 5.10 Å². The topological polar surface area (TPSA) is 93.0 Å². The monoisotopic (exact) mass is 394 g/mol. The van der Waals surface area contributed by atoms with Crippen molar-refractivity contribution in [2.24, 2.45) is 0 Å². The molecule has 10 heteroatoms. The molecule has 0 atom stereocenters. The first kappa shape index (κ1) is 18.7. The molecule has 0 saturated carbocycles. The molecule has 138 valence electrons. The Morgan fingerprint density at radius 2 is 2.27 bits per heavy atom. The Labute approximate surface area is 160 Å². The fraction of sp³-hybridized carbons (Fsp3) is 0.438. The van der Waals surface area contributed by atoms with E-state index in [9.17, 15) is 9.59 Å². The molecule has 26 heavy (non-hydrogen) atoms. The molecule has 0 spiro atoms. The van der Waals surface area contributed by atoms with Gasteiger partial charge in [0.25, 0.3) is 0 Å². The second kappa shape index (κ2) is 9.00. The van der Waals surface area contributed by atoms with Crippen LogP contribution in [0.2, 0.25) is 5.02 Å². The first-order valence-electron chi connectivity index (χ1n) is 8.35. The van der Waals surface area contributed by atoms with E-state index in [1.807, 2.05) is 17.0 Å². The zero-order valence-corrected chi connectivity index (χ0v) is 15.7. The van der Waals surface area contributed by atoms with Crippen molar-refractivity contribution in [3.05, 3.63) is 29.3 Å². The van der Waals surface area contributed by atoms with E-state index in [-0.39, 0.29) is 17.6 Å². The predicted molar refractivity (Wildman–Crippen MR) is 98.3 cm³/mol. The molecule has 2 heterocycles. The van der Waals surface area contributed by atoms with E-state index in [2.05, 4.69) is 20.8 Å². The van der Waals surface area contributed by atoms with Gasteiger partial charge in [-0.05, 0) is 41.5 Å². The van der Waals surface area contributed by atoms with Crippen LogP contribution in [0.4, 0.5) is 0 Å². The summed E-state index contributed by atoms with van der Waals surface area (Å²) in [5, 5.41) is 15.5. The minimum atomic E-state index is -0.0941. The van der Waals surface area contributed by atoms with Crippen LogP contribution in [0.3, 0.4) is 0 Å². The number of thioether (sulfide) groups is 1. The summed E-state index contributed by atoms with van der Waals surface area (Å²) in [6, 6.07) is 7.17. The van der Waals surface area contributed by atoms with Crippen LogP contribution in [-0.4, -0.2) is 62.3 Å². The molecule has 1 aromatic heterocycles. The first-order chi connectivity index (χ1) is 12.6. The largest absolute Gasteiger partial charge is 0.355 e. The van der Waals surface area contributed by atoms with E-state index in [4.69, 9.17) is 11.6 Å². The van der Waals surface area contributed by atoms with Gasteiger partial charge >= 0.3 is 0 Å². The molecule has 1 N–H and O–H groups in total. The van der Waals surface area contributed by atoms with Crippen LogP contribution in [0, 0.1) is 0 Å². The van der Waals surface area contributed by atoms with Crippen molar-refractivity contribution in [3.63, 3.8) is 0 Å². The van der Waals surface area contributed by atoms with E-state index in [0.29, 0.717) is 29.7 Å². The highest BCUT2D eigenvalue weighted by Gasteiger charge is 2.19. The summed E-state index contributed by atoms with van der Waals surface area (Å²) in [6.45, 7) is 2.07. The third-order valence-electron chi connectivity index (χ3n) is 3.92. The smallest absolute Gasteiger partial charge is 0.230 e. The number of tetrazole rings is 1. The SMILES string of the molecule is O=C(CSc1nnnn1-c1cccc(Cl)c1)NCCCN1CCCC1=O. The molecule has 1 aliphatic heterocycles. The minimum Gasteiger partial charge on any atom is -0.355 e. The third kappa shape index (κ3) is 4.95. The summed E-state index contributed by atoms with van der Waals surface area (Å²) in [4.78, 5) is 25.3. The van der Waals surface area contributed by atoms with Gasteiger partial charge in [0, 0.05) is 31.1 Å². The Balaban J connectivity index is 1.42. The summed E-state index contributed by atoms with van der Waals surface area (Å²) >= 11 is 7.24. The molecular formula is C16H19ClN6O2S. The third-order valence-corrected chi connectivity index (χ3v) is 5.08. The quantitative estimate of drug-likeness (QED) is 0.539. The molecule has 1 saturated heterocycles. The number of carbonyl (C=O) groups excluding carboxylic acids is 2. The lowest BCUT2D eigenvalue weighted by Gasteiger charge is -2.15. The number of halogens is 1. The number of aromatic nitrogens is 4. The van der Waals surface area contributed by atoms with Gasteiger partial charge in [0.15, 0.2) is 0 Å². The molecule has 0 bridgehead atoms. The van der Waals surface area contributed by atoms with Gasteiger partial charge in [-0.25, -0.2) is 0 Å². The lowest BCUT2D eigenvalue weighted by atomic mass is 10.3. The maximum atomic E-state index is 12.0. The van der Waals surface area contributed by atoms with Crippen LogP contribution in [0.5, 0.6) is 0 Å². The molecule has 1 aromatic carbocycles. The van der Waals surface area contributed by atoms with E-state index in [0.717, 1.165) is 25.1 Å². The Morgan fingerprint density at radius 3 is 3.04 bits per heavy atom. The summed E-state index contributed by atoms with van der Waals surface area (Å²) in [6.07, 6.45) is 2.33. The van der Waals surface area contributed by atoms with Gasteiger partial charge in [0.1, 0.15) is 0 Å². The lowest BCUT2D eigenvalue weighted by molar-refractivity contribution is -0.127. The van der Waals surface area contributed by atoms with E-state index >= 15 is 0 Å². The highest BCUT2D eigenvalue weighted by Crippen LogP contribution is 2.20. The maximum absolute atomic E-state index is 12.0. The van der Waals surface area contributed by atoms with Crippen molar-refractivity contribution in [1.29, 1.82) is 0 Å². The average Bonchev–Trinajstić information content (AvgIpc) is 3.26. The van der Waals surface area contributed by atoms with Crippen molar-refractivity contribution in [2.45, 2.75) is 24.4 Å². The fourth-order valence-corrected chi connectivity index (χ4v) is 3.56. The number of likely N-dealkylation sites (tertiary alicyclic amines) is 1. The molecule has 8 nitrogen and oxygen atoms in total. The normalized spacial score (nSPS) is 14.0. The number of rotatable bonds is 8. The average molecular weight is 395 g/mol. The molecule has 0 aliphatic carbocycles. The summed E-state index contributed by atoms with van der Waals surface area (Å²) in [5.74, 6) is 0.326. The van der Waals surface area contributed by atoms with Crippen LogP contribution in [0.15, 0.2) is 29.4 Å². The van der Waals surface area contributed by atoms with Crippen LogP contribution < -0.4 is 5.32 Å². The second-order valence-electron chi connectivity index (χ2n) is 5.83. The predicted octanol–water partition coefficient (Wildman–Crippen LogP) is 1.54. The first-order valence-corrected chi connectivity index (χ1v) is 9.71. The van der Waals surface area contributed by atoms with Crippen molar-refractivity contribution < 1.29 is 9.59 Å². The number of carbonyl (C=O) groups is 2. The van der Waals surface area contributed by atoms with E-state index in [1.165, 1.54) is 11.8 Å². The van der Waals surface area contributed by atoms with Crippen molar-refractivity contribution in [3.8, 4) is 5.69 Å². The van der Waals surface area contributed by atoms with Gasteiger partial charge in [-0.3, -0.25) is 9.59 Å². The second-order valence-corrected chi connectivity index (χ2v) is 7.21. The Bertz CT molecular complexity index is 784. The van der Waals surface area contributed by atoms with Gasteiger partial charge in [-0.2, -0.15) is 4.68 Å². The van der Waals surface area contributed by atoms with Gasteiger partial charge in [-0.1, -0.05) is 29.4 Å². The Morgan fingerprint density at radius 1 is 1.38 bits per heavy atom. The van der Waals surface area contributed by atoms with Crippen molar-refractivity contribution in [1.82, 2.24) is 30.4 Å². The van der Waals surface area contributed by atoms with Gasteiger partial charge < -0.3 is 10.2 Å². The highest BCUT2D eigenvalue weighted by molar-refractivity contribution is 7.99. The fourth-order valence-electron chi connectivity index (χ4n) is 2.66. The van der Waals surface area contributed by atoms with Crippen LogP contribution in [0.25, 0.3) is 5.69 Å². The van der Waals surface area contributed by atoms with E-state index in [1.54, 1.807) is 16.8 Å². The van der Waals surface area contributed by atoms with Crippen LogP contribution >= 0.6 is 23.4 Å². The van der Waals surface area contributed by atoms with Gasteiger partial charge in [0.2, 0.25) is 17.0 Å². The molecule has 2 amide bonds. The number of nitrogens with zero attached hydrogens (tertiary/aromatic N) is 5. The summed E-state index contributed by atoms with van der Waals surface area (Å²) < 4.78 is 1.54. The summed E-state index contributed by atoms with van der Waals surface area (Å²) in [5.41, 5.74) is 0.737. The maximum Gasteiger partial charge on any atom is 0.230 e. The number of hydrogen-bond acceptors (Lipinski definition) is 6. The molecule has 0 unspecified atom stereocenters. The van der Waals surface area contributed by atoms with E-state index < -0.39 is 0 Å². The standard InChI is InChI=1S/C16H19ClN6O2S/c17-12-4-1-5-13(10-12)23-16(19-20-21-23)26-11-14(24)18-7-3-9-22-8-2-6-15(22)25/h1,4-5,10H,2-3,6-9,11H2,(H,18,24). The lowest BCUT2D eigenvalue weighted by Crippen LogP contribution is -2.31.